The molecule has 2 heterocycles. The zero-order valence-electron chi connectivity index (χ0n) is 10.0. The molecule has 2 rings (SSSR count). The molecule has 94 valence electrons. The lowest BCUT2D eigenvalue weighted by molar-refractivity contribution is 0.0947. The first-order valence-electron chi connectivity index (χ1n) is 6.20. The Morgan fingerprint density at radius 3 is 2.88 bits per heavy atom. The molecule has 0 radical (unpaired) electrons. The molecule has 4 N–H and O–H groups in total. The number of amides is 1. The number of hydrogen-bond donors (Lipinski definition) is 3. The van der Waals surface area contributed by atoms with E-state index >= 15 is 0 Å². The highest BCUT2D eigenvalue weighted by atomic mass is 16.1. The number of hydrogen-bond acceptors (Lipinski definition) is 3. The minimum atomic E-state index is -0.0804. The van der Waals surface area contributed by atoms with E-state index in [1.807, 2.05) is 0 Å². The van der Waals surface area contributed by atoms with Crippen molar-refractivity contribution in [2.45, 2.75) is 19.3 Å². The third-order valence-electron chi connectivity index (χ3n) is 3.09. The molecule has 1 amide bonds. The molecule has 1 saturated heterocycles. The predicted molar refractivity (Wildman–Crippen MR) is 67.8 cm³/mol. The van der Waals surface area contributed by atoms with Gasteiger partial charge in [0.1, 0.15) is 5.69 Å². The summed E-state index contributed by atoms with van der Waals surface area (Å²) in [5.41, 5.74) is 6.66. The van der Waals surface area contributed by atoms with E-state index in [2.05, 4.69) is 15.2 Å². The first-order chi connectivity index (χ1) is 8.25. The maximum Gasteiger partial charge on any atom is 0.267 e. The van der Waals surface area contributed by atoms with E-state index in [4.69, 9.17) is 5.73 Å². The summed E-state index contributed by atoms with van der Waals surface area (Å²) in [5.74, 6) is -0.0804. The van der Waals surface area contributed by atoms with Crippen molar-refractivity contribution in [2.75, 3.05) is 31.9 Å². The zero-order chi connectivity index (χ0) is 12.1. The Bertz CT molecular complexity index is 368. The van der Waals surface area contributed by atoms with Crippen LogP contribution in [0.3, 0.4) is 0 Å². The molecule has 0 bridgehead atoms. The number of aromatic nitrogens is 1. The number of H-pyrrole nitrogens is 1. The van der Waals surface area contributed by atoms with Crippen molar-refractivity contribution >= 4 is 11.6 Å². The summed E-state index contributed by atoms with van der Waals surface area (Å²) in [4.78, 5) is 16.9. The lowest BCUT2D eigenvalue weighted by Gasteiger charge is -2.14. The van der Waals surface area contributed by atoms with Crippen molar-refractivity contribution in [1.82, 2.24) is 15.2 Å². The topological polar surface area (TPSA) is 74.1 Å². The van der Waals surface area contributed by atoms with E-state index in [0.717, 1.165) is 13.0 Å². The quantitative estimate of drug-likeness (QED) is 0.662. The molecule has 0 saturated carbocycles. The molecule has 0 aromatic carbocycles. The van der Waals surface area contributed by atoms with E-state index in [9.17, 15) is 4.79 Å². The fourth-order valence-corrected chi connectivity index (χ4v) is 2.15. The lowest BCUT2D eigenvalue weighted by Crippen LogP contribution is -2.28. The van der Waals surface area contributed by atoms with Gasteiger partial charge in [-0.05, 0) is 45.0 Å². The highest BCUT2D eigenvalue weighted by molar-refractivity contribution is 5.93. The number of nitrogens with two attached hydrogens (primary N) is 1. The number of nitrogen functional groups attached to an aromatic ring is 1. The van der Waals surface area contributed by atoms with Crippen LogP contribution in [0.25, 0.3) is 0 Å². The van der Waals surface area contributed by atoms with Crippen LogP contribution in [0.1, 0.15) is 29.8 Å². The van der Waals surface area contributed by atoms with Crippen molar-refractivity contribution < 1.29 is 4.79 Å². The number of rotatable bonds is 5. The van der Waals surface area contributed by atoms with Crippen LogP contribution >= 0.6 is 0 Å². The summed E-state index contributed by atoms with van der Waals surface area (Å²) in [5, 5.41) is 2.88. The number of carbonyl (C=O) groups excluding carboxylic acids is 1. The molecule has 1 fully saturated rings. The van der Waals surface area contributed by atoms with Gasteiger partial charge in [-0.2, -0.15) is 0 Å². The van der Waals surface area contributed by atoms with Gasteiger partial charge in [-0.15, -0.1) is 0 Å². The maximum atomic E-state index is 11.6. The minimum absolute atomic E-state index is 0.0804. The Morgan fingerprint density at radius 2 is 2.24 bits per heavy atom. The van der Waals surface area contributed by atoms with Gasteiger partial charge in [0.25, 0.3) is 5.91 Å². The normalized spacial score (nSPS) is 16.2. The van der Waals surface area contributed by atoms with Gasteiger partial charge in [-0.25, -0.2) is 0 Å². The first kappa shape index (κ1) is 12.0. The van der Waals surface area contributed by atoms with Gasteiger partial charge >= 0.3 is 0 Å². The van der Waals surface area contributed by atoms with Gasteiger partial charge < -0.3 is 20.9 Å². The zero-order valence-corrected chi connectivity index (χ0v) is 10.0. The molecule has 1 aromatic rings. The van der Waals surface area contributed by atoms with Crippen molar-refractivity contribution in [3.05, 3.63) is 18.0 Å². The van der Waals surface area contributed by atoms with Gasteiger partial charge in [0, 0.05) is 18.4 Å². The fourth-order valence-electron chi connectivity index (χ4n) is 2.15. The molecule has 1 aromatic heterocycles. The molecule has 0 aliphatic carbocycles. The van der Waals surface area contributed by atoms with Crippen LogP contribution in [-0.2, 0) is 0 Å². The fraction of sp³-hybridized carbons (Fsp3) is 0.583. The van der Waals surface area contributed by atoms with E-state index in [-0.39, 0.29) is 5.91 Å². The van der Waals surface area contributed by atoms with Crippen LogP contribution in [-0.4, -0.2) is 42.0 Å². The first-order valence-corrected chi connectivity index (χ1v) is 6.20. The largest absolute Gasteiger partial charge is 0.397 e. The highest BCUT2D eigenvalue weighted by Gasteiger charge is 2.11. The standard InChI is InChI=1S/C12H20N4O/c13-10-8-11(15-9-10)12(17)14-4-3-7-16-5-1-2-6-16/h8-9,15H,1-7,13H2,(H,14,17). The number of aromatic amines is 1. The van der Waals surface area contributed by atoms with Crippen molar-refractivity contribution in [2.24, 2.45) is 0 Å². The molecule has 17 heavy (non-hydrogen) atoms. The van der Waals surface area contributed by atoms with Crippen LogP contribution in [0.5, 0.6) is 0 Å². The van der Waals surface area contributed by atoms with E-state index in [1.54, 1.807) is 12.3 Å². The van der Waals surface area contributed by atoms with Gasteiger partial charge in [-0.3, -0.25) is 4.79 Å². The van der Waals surface area contributed by atoms with Crippen LogP contribution < -0.4 is 11.1 Å². The van der Waals surface area contributed by atoms with Crippen LogP contribution in [0.15, 0.2) is 12.3 Å². The second-order valence-electron chi connectivity index (χ2n) is 4.50. The average Bonchev–Trinajstić information content (AvgIpc) is 2.95. The van der Waals surface area contributed by atoms with Crippen LogP contribution in [0.2, 0.25) is 0 Å². The van der Waals surface area contributed by atoms with Gasteiger partial charge in [-0.1, -0.05) is 0 Å². The second-order valence-corrected chi connectivity index (χ2v) is 4.50. The summed E-state index contributed by atoms with van der Waals surface area (Å²) in [6, 6.07) is 1.65. The number of carbonyl (C=O) groups is 1. The van der Waals surface area contributed by atoms with Gasteiger partial charge in [0.15, 0.2) is 0 Å². The average molecular weight is 236 g/mol. The predicted octanol–water partition coefficient (Wildman–Crippen LogP) is 0.813. The SMILES string of the molecule is Nc1c[nH]c(C(=O)NCCCN2CCCC2)c1. The Morgan fingerprint density at radius 1 is 1.47 bits per heavy atom. The Hall–Kier alpha value is -1.49. The van der Waals surface area contributed by atoms with E-state index < -0.39 is 0 Å². The molecule has 0 atom stereocenters. The summed E-state index contributed by atoms with van der Waals surface area (Å²) >= 11 is 0. The summed E-state index contributed by atoms with van der Waals surface area (Å²) in [6.45, 7) is 4.21. The maximum absolute atomic E-state index is 11.6. The highest BCUT2D eigenvalue weighted by Crippen LogP contribution is 2.07. The molecular weight excluding hydrogens is 216 g/mol. The number of nitrogens with one attached hydrogen (secondary N) is 2. The number of likely N-dealkylation sites (tertiary alicyclic amines) is 1. The van der Waals surface area contributed by atoms with Crippen LogP contribution in [0.4, 0.5) is 5.69 Å². The summed E-state index contributed by atoms with van der Waals surface area (Å²) in [7, 11) is 0. The van der Waals surface area contributed by atoms with Gasteiger partial charge in [0.2, 0.25) is 0 Å². The Balaban J connectivity index is 1.63. The van der Waals surface area contributed by atoms with Crippen molar-refractivity contribution in [3.63, 3.8) is 0 Å². The molecule has 5 nitrogen and oxygen atoms in total. The molecule has 0 spiro atoms. The number of anilines is 1. The molecule has 0 unspecified atom stereocenters. The molecule has 5 heteroatoms. The summed E-state index contributed by atoms with van der Waals surface area (Å²) in [6.07, 6.45) is 5.25. The second kappa shape index (κ2) is 5.72. The Kier molecular flexibility index (Phi) is 4.03. The smallest absolute Gasteiger partial charge is 0.267 e. The van der Waals surface area contributed by atoms with E-state index in [1.165, 1.54) is 25.9 Å². The van der Waals surface area contributed by atoms with Gasteiger partial charge in [0.05, 0.1) is 0 Å². The monoisotopic (exact) mass is 236 g/mol. The Labute approximate surface area is 101 Å². The number of nitrogens with zero attached hydrogens (tertiary/aromatic N) is 1. The third kappa shape index (κ3) is 3.49. The molecule has 1 aliphatic rings. The van der Waals surface area contributed by atoms with Crippen molar-refractivity contribution in [3.8, 4) is 0 Å². The van der Waals surface area contributed by atoms with Crippen molar-refractivity contribution in [1.29, 1.82) is 0 Å². The van der Waals surface area contributed by atoms with E-state index in [0.29, 0.717) is 17.9 Å². The summed E-state index contributed by atoms with van der Waals surface area (Å²) < 4.78 is 0. The molecule has 1 aliphatic heterocycles. The third-order valence-corrected chi connectivity index (χ3v) is 3.09. The lowest BCUT2D eigenvalue weighted by atomic mass is 10.3. The molecular formula is C12H20N4O. The van der Waals surface area contributed by atoms with Crippen LogP contribution in [0, 0.1) is 0 Å². The minimum Gasteiger partial charge on any atom is -0.397 e.